The third kappa shape index (κ3) is 3.94. The highest BCUT2D eigenvalue weighted by molar-refractivity contribution is 6.31. The van der Waals surface area contributed by atoms with Crippen molar-refractivity contribution in [1.29, 1.82) is 0 Å². The van der Waals surface area contributed by atoms with Crippen molar-refractivity contribution in [1.82, 2.24) is 0 Å². The maximum absolute atomic E-state index is 12.9. The standard InChI is InChI=1S/C16H11ClFNO5/c1-9(15(20)10-2-5-12(18)6-3-10)24-16(21)13-8-11(17)4-7-14(13)19(22)23/h2-9H,1H3/t9-/m1/s1. The molecule has 0 aliphatic heterocycles. The van der Waals surface area contributed by atoms with Gasteiger partial charge < -0.3 is 4.74 Å². The summed E-state index contributed by atoms with van der Waals surface area (Å²) >= 11 is 5.74. The van der Waals surface area contributed by atoms with Crippen LogP contribution in [0.3, 0.4) is 0 Å². The number of esters is 1. The minimum Gasteiger partial charge on any atom is -0.450 e. The second kappa shape index (κ2) is 7.18. The van der Waals surface area contributed by atoms with E-state index in [-0.39, 0.29) is 16.1 Å². The summed E-state index contributed by atoms with van der Waals surface area (Å²) < 4.78 is 17.9. The fourth-order valence-corrected chi connectivity index (χ4v) is 2.13. The lowest BCUT2D eigenvalue weighted by molar-refractivity contribution is -0.385. The van der Waals surface area contributed by atoms with E-state index in [1.165, 1.54) is 25.1 Å². The Morgan fingerprint density at radius 1 is 1.21 bits per heavy atom. The molecule has 0 amide bonds. The summed E-state index contributed by atoms with van der Waals surface area (Å²) in [7, 11) is 0. The average Bonchev–Trinajstić information content (AvgIpc) is 2.54. The Kier molecular flexibility index (Phi) is 5.25. The molecule has 0 N–H and O–H groups in total. The van der Waals surface area contributed by atoms with E-state index in [1.807, 2.05) is 0 Å². The maximum Gasteiger partial charge on any atom is 0.345 e. The Morgan fingerprint density at radius 3 is 2.42 bits per heavy atom. The lowest BCUT2D eigenvalue weighted by Gasteiger charge is -2.12. The van der Waals surface area contributed by atoms with Crippen LogP contribution in [0, 0.1) is 15.9 Å². The fourth-order valence-electron chi connectivity index (χ4n) is 1.96. The third-order valence-corrected chi connectivity index (χ3v) is 3.39. The van der Waals surface area contributed by atoms with E-state index in [0.29, 0.717) is 0 Å². The van der Waals surface area contributed by atoms with Crippen molar-refractivity contribution in [2.75, 3.05) is 0 Å². The Balaban J connectivity index is 2.20. The molecule has 24 heavy (non-hydrogen) atoms. The van der Waals surface area contributed by atoms with Gasteiger partial charge in [0.25, 0.3) is 5.69 Å². The van der Waals surface area contributed by atoms with Gasteiger partial charge in [-0.3, -0.25) is 14.9 Å². The Labute approximate surface area is 141 Å². The van der Waals surface area contributed by atoms with Crippen molar-refractivity contribution in [3.8, 4) is 0 Å². The Bertz CT molecular complexity index is 807. The van der Waals surface area contributed by atoms with Crippen LogP contribution in [0.4, 0.5) is 10.1 Å². The maximum atomic E-state index is 12.9. The molecule has 0 saturated heterocycles. The summed E-state index contributed by atoms with van der Waals surface area (Å²) in [6.07, 6.45) is -1.21. The minimum absolute atomic E-state index is 0.116. The first kappa shape index (κ1) is 17.6. The third-order valence-electron chi connectivity index (χ3n) is 3.16. The number of carbonyl (C=O) groups is 2. The number of halogens is 2. The topological polar surface area (TPSA) is 86.5 Å². The van der Waals surface area contributed by atoms with Gasteiger partial charge in [0.1, 0.15) is 11.4 Å². The van der Waals surface area contributed by atoms with E-state index < -0.39 is 34.3 Å². The normalized spacial score (nSPS) is 11.6. The molecule has 0 aromatic heterocycles. The quantitative estimate of drug-likeness (QED) is 0.354. The van der Waals surface area contributed by atoms with Gasteiger partial charge in [-0.1, -0.05) is 11.6 Å². The number of nitro groups is 1. The van der Waals surface area contributed by atoms with Crippen LogP contribution >= 0.6 is 11.6 Å². The molecule has 6 nitrogen and oxygen atoms in total. The lowest BCUT2D eigenvalue weighted by atomic mass is 10.1. The number of benzene rings is 2. The number of Topliss-reactive ketones (excluding diaryl/α,β-unsaturated/α-hetero) is 1. The van der Waals surface area contributed by atoms with E-state index in [1.54, 1.807) is 0 Å². The van der Waals surface area contributed by atoms with Crippen molar-refractivity contribution in [3.05, 3.63) is 74.5 Å². The Hall–Kier alpha value is -2.80. The van der Waals surface area contributed by atoms with Crippen LogP contribution in [0.15, 0.2) is 42.5 Å². The summed E-state index contributed by atoms with van der Waals surface area (Å²) in [6.45, 7) is 1.32. The van der Waals surface area contributed by atoms with Crippen molar-refractivity contribution < 1.29 is 23.6 Å². The van der Waals surface area contributed by atoms with Crippen LogP contribution in [0.1, 0.15) is 27.6 Å². The van der Waals surface area contributed by atoms with Gasteiger partial charge in [-0.25, -0.2) is 9.18 Å². The molecule has 2 aromatic carbocycles. The number of ether oxygens (including phenoxy) is 1. The molecule has 0 saturated carbocycles. The Morgan fingerprint density at radius 2 is 1.83 bits per heavy atom. The number of nitrogens with zero attached hydrogens (tertiary/aromatic N) is 1. The second-order valence-corrected chi connectivity index (χ2v) is 5.27. The van der Waals surface area contributed by atoms with Crippen LogP contribution in [0.25, 0.3) is 0 Å². The first-order valence-corrected chi connectivity index (χ1v) is 7.12. The highest BCUT2D eigenvalue weighted by atomic mass is 35.5. The molecule has 0 radical (unpaired) electrons. The van der Waals surface area contributed by atoms with Gasteiger partial charge in [-0.2, -0.15) is 0 Å². The summed E-state index contributed by atoms with van der Waals surface area (Å²) in [5, 5.41) is 11.1. The molecule has 2 aromatic rings. The highest BCUT2D eigenvalue weighted by Crippen LogP contribution is 2.24. The van der Waals surface area contributed by atoms with Gasteiger partial charge in [0.15, 0.2) is 6.10 Å². The predicted molar refractivity (Wildman–Crippen MR) is 83.7 cm³/mol. The van der Waals surface area contributed by atoms with Crippen LogP contribution < -0.4 is 0 Å². The van der Waals surface area contributed by atoms with E-state index in [2.05, 4.69) is 0 Å². The first-order chi connectivity index (χ1) is 11.3. The van der Waals surface area contributed by atoms with E-state index >= 15 is 0 Å². The highest BCUT2D eigenvalue weighted by Gasteiger charge is 2.26. The van der Waals surface area contributed by atoms with Gasteiger partial charge in [0, 0.05) is 16.7 Å². The zero-order valence-corrected chi connectivity index (χ0v) is 13.1. The second-order valence-electron chi connectivity index (χ2n) is 4.84. The number of rotatable bonds is 5. The van der Waals surface area contributed by atoms with Gasteiger partial charge in [-0.05, 0) is 43.3 Å². The molecule has 0 aliphatic rings. The molecular weight excluding hydrogens is 341 g/mol. The molecule has 0 fully saturated rings. The van der Waals surface area contributed by atoms with Crippen LogP contribution in [0.2, 0.25) is 5.02 Å². The molecule has 0 heterocycles. The molecule has 2 rings (SSSR count). The van der Waals surface area contributed by atoms with Gasteiger partial charge in [0.05, 0.1) is 4.92 Å². The van der Waals surface area contributed by atoms with Crippen LogP contribution in [-0.2, 0) is 4.74 Å². The summed E-state index contributed by atoms with van der Waals surface area (Å²) in [6, 6.07) is 8.15. The largest absolute Gasteiger partial charge is 0.450 e. The summed E-state index contributed by atoms with van der Waals surface area (Å²) in [5.41, 5.74) is -0.686. The van der Waals surface area contributed by atoms with Crippen LogP contribution in [0.5, 0.6) is 0 Å². The summed E-state index contributed by atoms with van der Waals surface area (Å²) in [5.74, 6) is -2.12. The zero-order valence-electron chi connectivity index (χ0n) is 12.4. The van der Waals surface area contributed by atoms with Crippen LogP contribution in [-0.4, -0.2) is 22.8 Å². The average molecular weight is 352 g/mol. The van der Waals surface area contributed by atoms with Crippen molar-refractivity contribution >= 4 is 29.0 Å². The molecule has 0 unspecified atom stereocenters. The number of nitro benzene ring substituents is 1. The van der Waals surface area contributed by atoms with Crippen molar-refractivity contribution in [2.24, 2.45) is 0 Å². The van der Waals surface area contributed by atoms with E-state index in [9.17, 15) is 24.1 Å². The molecule has 0 bridgehead atoms. The smallest absolute Gasteiger partial charge is 0.345 e. The molecule has 124 valence electrons. The molecule has 1 atom stereocenters. The first-order valence-electron chi connectivity index (χ1n) is 6.74. The fraction of sp³-hybridized carbons (Fsp3) is 0.125. The number of hydrogen-bond donors (Lipinski definition) is 0. The number of carbonyl (C=O) groups excluding carboxylic acids is 2. The van der Waals surface area contributed by atoms with Crippen molar-refractivity contribution in [3.63, 3.8) is 0 Å². The van der Waals surface area contributed by atoms with E-state index in [4.69, 9.17) is 16.3 Å². The molecule has 0 spiro atoms. The van der Waals surface area contributed by atoms with Crippen molar-refractivity contribution in [2.45, 2.75) is 13.0 Å². The SMILES string of the molecule is C[C@@H](OC(=O)c1cc(Cl)ccc1[N+](=O)[O-])C(=O)c1ccc(F)cc1. The zero-order chi connectivity index (χ0) is 17.9. The monoisotopic (exact) mass is 351 g/mol. The number of ketones is 1. The molecule has 0 aliphatic carbocycles. The van der Waals surface area contributed by atoms with E-state index in [0.717, 1.165) is 24.3 Å². The van der Waals surface area contributed by atoms with Gasteiger partial charge in [0.2, 0.25) is 5.78 Å². The van der Waals surface area contributed by atoms with Gasteiger partial charge >= 0.3 is 5.97 Å². The molecule has 8 heteroatoms. The predicted octanol–water partition coefficient (Wildman–Crippen LogP) is 3.82. The summed E-state index contributed by atoms with van der Waals surface area (Å²) in [4.78, 5) is 34.5. The lowest BCUT2D eigenvalue weighted by Crippen LogP contribution is -2.24. The van der Waals surface area contributed by atoms with Gasteiger partial charge in [-0.15, -0.1) is 0 Å². The minimum atomic E-state index is -1.21. The molecular formula is C16H11ClFNO5. The number of hydrogen-bond acceptors (Lipinski definition) is 5.